The molecule has 1 aliphatic rings. The van der Waals surface area contributed by atoms with E-state index < -0.39 is 48.6 Å². The maximum Gasteiger partial charge on any atom is 0.303 e. The fourth-order valence-corrected chi connectivity index (χ4v) is 1.95. The molecule has 0 radical (unpaired) electrons. The average molecular weight is 305 g/mol. The van der Waals surface area contributed by atoms with Crippen molar-refractivity contribution < 1.29 is 38.4 Å². The lowest BCUT2D eigenvalue weighted by Gasteiger charge is -2.41. The Morgan fingerprint density at radius 3 is 2.05 bits per heavy atom. The van der Waals surface area contributed by atoms with Crippen LogP contribution in [0.1, 0.15) is 20.8 Å². The van der Waals surface area contributed by atoms with Gasteiger partial charge >= 0.3 is 17.9 Å². The Bertz CT molecular complexity index is 412. The molecule has 1 aliphatic heterocycles. The molecule has 0 aliphatic carbocycles. The van der Waals surface area contributed by atoms with E-state index in [-0.39, 0.29) is 6.61 Å². The van der Waals surface area contributed by atoms with E-state index in [1.54, 1.807) is 0 Å². The molecule has 1 rings (SSSR count). The van der Waals surface area contributed by atoms with Gasteiger partial charge in [0, 0.05) is 20.8 Å². The van der Waals surface area contributed by atoms with Crippen LogP contribution in [0.3, 0.4) is 0 Å². The Labute approximate surface area is 121 Å². The van der Waals surface area contributed by atoms with E-state index in [9.17, 15) is 19.5 Å². The van der Waals surface area contributed by atoms with Gasteiger partial charge in [-0.25, -0.2) is 0 Å². The van der Waals surface area contributed by atoms with Crippen molar-refractivity contribution in [3.05, 3.63) is 0 Å². The Morgan fingerprint density at radius 2 is 1.57 bits per heavy atom. The summed E-state index contributed by atoms with van der Waals surface area (Å²) in [6.07, 6.45) is -4.67. The van der Waals surface area contributed by atoms with Gasteiger partial charge in [0.2, 0.25) is 0 Å². The first-order valence-corrected chi connectivity index (χ1v) is 6.29. The monoisotopic (exact) mass is 305 g/mol. The zero-order chi connectivity index (χ0) is 16.2. The van der Waals surface area contributed by atoms with Gasteiger partial charge in [0.25, 0.3) is 0 Å². The third kappa shape index (κ3) is 4.96. The van der Waals surface area contributed by atoms with E-state index in [1.807, 2.05) is 0 Å². The summed E-state index contributed by atoms with van der Waals surface area (Å²) in [5.41, 5.74) is 5.70. The molecule has 0 aromatic heterocycles. The number of rotatable bonds is 4. The van der Waals surface area contributed by atoms with E-state index in [4.69, 9.17) is 24.7 Å². The predicted molar refractivity (Wildman–Crippen MR) is 66.6 cm³/mol. The van der Waals surface area contributed by atoms with Crippen LogP contribution in [-0.4, -0.2) is 60.3 Å². The molecule has 0 bridgehead atoms. The summed E-state index contributed by atoms with van der Waals surface area (Å²) in [5.74, 6) is -1.89. The van der Waals surface area contributed by atoms with Gasteiger partial charge in [0.05, 0.1) is 6.04 Å². The maximum atomic E-state index is 11.2. The van der Waals surface area contributed by atoms with Crippen molar-refractivity contribution in [2.75, 3.05) is 6.61 Å². The normalized spacial score (nSPS) is 32.1. The summed E-state index contributed by atoms with van der Waals surface area (Å²) < 4.78 is 20.0. The predicted octanol–water partition coefficient (Wildman–Crippen LogP) is -1.54. The van der Waals surface area contributed by atoms with E-state index >= 15 is 0 Å². The molecule has 9 heteroatoms. The second-order valence-corrected chi connectivity index (χ2v) is 4.59. The molecule has 0 spiro atoms. The van der Waals surface area contributed by atoms with Crippen LogP contribution in [-0.2, 0) is 33.3 Å². The largest absolute Gasteiger partial charge is 0.463 e. The van der Waals surface area contributed by atoms with Gasteiger partial charge in [0.1, 0.15) is 12.7 Å². The minimum absolute atomic E-state index is 0.283. The summed E-state index contributed by atoms with van der Waals surface area (Å²) in [4.78, 5) is 33.2. The van der Waals surface area contributed by atoms with Crippen LogP contribution < -0.4 is 5.73 Å². The lowest BCUT2D eigenvalue weighted by Crippen LogP contribution is -2.64. The Morgan fingerprint density at radius 1 is 1.05 bits per heavy atom. The van der Waals surface area contributed by atoms with Crippen molar-refractivity contribution in [3.8, 4) is 0 Å². The zero-order valence-corrected chi connectivity index (χ0v) is 12.0. The molecular formula is C12H19NO8. The topological polar surface area (TPSA) is 134 Å². The maximum absolute atomic E-state index is 11.2. The van der Waals surface area contributed by atoms with Crippen LogP contribution in [0.15, 0.2) is 0 Å². The average Bonchev–Trinajstić information content (AvgIpc) is 2.35. The quantitative estimate of drug-likeness (QED) is 0.468. The fraction of sp³-hybridized carbons (Fsp3) is 0.750. The number of aliphatic hydroxyl groups is 1. The number of hydrogen-bond acceptors (Lipinski definition) is 9. The van der Waals surface area contributed by atoms with Crippen molar-refractivity contribution in [3.63, 3.8) is 0 Å². The third-order valence-electron chi connectivity index (χ3n) is 2.77. The summed E-state index contributed by atoms with van der Waals surface area (Å²) in [7, 11) is 0. The summed E-state index contributed by atoms with van der Waals surface area (Å²) in [6.45, 7) is 3.22. The van der Waals surface area contributed by atoms with E-state index in [0.717, 1.165) is 13.8 Å². The Kier molecular flexibility index (Phi) is 6.06. The van der Waals surface area contributed by atoms with E-state index in [1.165, 1.54) is 6.92 Å². The Hall–Kier alpha value is -1.71. The second-order valence-electron chi connectivity index (χ2n) is 4.59. The molecular weight excluding hydrogens is 286 g/mol. The summed E-state index contributed by atoms with van der Waals surface area (Å²) in [6, 6.07) is -1.10. The van der Waals surface area contributed by atoms with Gasteiger partial charge in [-0.05, 0) is 0 Å². The number of aliphatic hydroxyl groups excluding tert-OH is 1. The molecule has 0 amide bonds. The molecule has 9 nitrogen and oxygen atoms in total. The number of carbonyl (C=O) groups excluding carboxylic acids is 3. The fourth-order valence-electron chi connectivity index (χ4n) is 1.95. The van der Waals surface area contributed by atoms with Crippen molar-refractivity contribution >= 4 is 17.9 Å². The summed E-state index contributed by atoms with van der Waals surface area (Å²) >= 11 is 0. The van der Waals surface area contributed by atoms with Gasteiger partial charge in [-0.1, -0.05) is 0 Å². The lowest BCUT2D eigenvalue weighted by molar-refractivity contribution is -0.260. The molecule has 0 aromatic carbocycles. The number of ether oxygens (including phenoxy) is 4. The number of carbonyl (C=O) groups is 3. The van der Waals surface area contributed by atoms with Crippen LogP contribution in [0.5, 0.6) is 0 Å². The van der Waals surface area contributed by atoms with Crippen LogP contribution >= 0.6 is 0 Å². The number of hydrogen-bond donors (Lipinski definition) is 2. The standard InChI is InChI=1S/C12H19NO8/c1-5(14)18-4-8-10(19-6(2)15)11(20-7(3)16)9(13)12(17)21-8/h8-12,17H,4,13H2,1-3H3/t8-,9+,10-,11-,12+/m0/s1. The SMILES string of the molecule is CC(=O)OC[C@@H]1O[C@@H](O)[C@H](N)[C@H](OC(C)=O)[C@H]1OC(C)=O. The van der Waals surface area contributed by atoms with Crippen molar-refractivity contribution in [2.24, 2.45) is 5.73 Å². The highest BCUT2D eigenvalue weighted by Crippen LogP contribution is 2.24. The molecule has 1 fully saturated rings. The first-order chi connectivity index (χ1) is 9.72. The number of nitrogens with two attached hydrogens (primary N) is 1. The molecule has 1 saturated heterocycles. The minimum Gasteiger partial charge on any atom is -0.463 e. The van der Waals surface area contributed by atoms with E-state index in [0.29, 0.717) is 0 Å². The van der Waals surface area contributed by atoms with Crippen LogP contribution in [0.4, 0.5) is 0 Å². The molecule has 21 heavy (non-hydrogen) atoms. The van der Waals surface area contributed by atoms with Gasteiger partial charge in [-0.3, -0.25) is 14.4 Å². The van der Waals surface area contributed by atoms with Crippen LogP contribution in [0.2, 0.25) is 0 Å². The number of esters is 3. The smallest absolute Gasteiger partial charge is 0.303 e. The van der Waals surface area contributed by atoms with E-state index in [2.05, 4.69) is 0 Å². The van der Waals surface area contributed by atoms with Crippen molar-refractivity contribution in [1.82, 2.24) is 0 Å². The highest BCUT2D eigenvalue weighted by molar-refractivity contribution is 5.67. The summed E-state index contributed by atoms with van der Waals surface area (Å²) in [5, 5.41) is 9.73. The molecule has 3 N–H and O–H groups in total. The molecule has 0 saturated carbocycles. The molecule has 0 unspecified atom stereocenters. The highest BCUT2D eigenvalue weighted by Gasteiger charge is 2.48. The van der Waals surface area contributed by atoms with Crippen LogP contribution in [0, 0.1) is 0 Å². The minimum atomic E-state index is -1.46. The Balaban J connectivity index is 2.94. The van der Waals surface area contributed by atoms with Crippen LogP contribution in [0.25, 0.3) is 0 Å². The third-order valence-corrected chi connectivity index (χ3v) is 2.77. The van der Waals surface area contributed by atoms with Crippen molar-refractivity contribution in [2.45, 2.75) is 51.4 Å². The zero-order valence-electron chi connectivity index (χ0n) is 12.0. The second kappa shape index (κ2) is 7.34. The molecule has 0 aromatic rings. The molecule has 120 valence electrons. The van der Waals surface area contributed by atoms with Gasteiger partial charge in [-0.15, -0.1) is 0 Å². The van der Waals surface area contributed by atoms with Gasteiger partial charge in [-0.2, -0.15) is 0 Å². The first kappa shape index (κ1) is 17.3. The first-order valence-electron chi connectivity index (χ1n) is 6.29. The van der Waals surface area contributed by atoms with Crippen molar-refractivity contribution in [1.29, 1.82) is 0 Å². The van der Waals surface area contributed by atoms with Gasteiger partial charge in [0.15, 0.2) is 18.5 Å². The molecule has 1 heterocycles. The lowest BCUT2D eigenvalue weighted by atomic mass is 9.97. The van der Waals surface area contributed by atoms with Gasteiger partial charge < -0.3 is 29.8 Å². The highest BCUT2D eigenvalue weighted by atomic mass is 16.7. The molecule has 5 atom stereocenters.